The molecule has 1 amide bonds. The molecule has 0 N–H and O–H groups in total. The number of hydrogen-bond acceptors (Lipinski definition) is 6. The maximum absolute atomic E-state index is 12.7. The first kappa shape index (κ1) is 18.3. The first-order valence-corrected chi connectivity index (χ1v) is 9.88. The molecule has 0 bridgehead atoms. The SMILES string of the molecule is COc1ccc2sc(OC3CCN(C(=O)c4cccc(C#N)c4)CC3)nc2c1. The molecule has 1 aromatic heterocycles. The normalized spacial score (nSPS) is 14.6. The van der Waals surface area contributed by atoms with Crippen molar-refractivity contribution in [3.63, 3.8) is 0 Å². The fourth-order valence-electron chi connectivity index (χ4n) is 3.29. The van der Waals surface area contributed by atoms with Gasteiger partial charge in [0.05, 0.1) is 29.0 Å². The lowest BCUT2D eigenvalue weighted by Crippen LogP contribution is -2.41. The highest BCUT2D eigenvalue weighted by Crippen LogP contribution is 2.32. The summed E-state index contributed by atoms with van der Waals surface area (Å²) in [5.74, 6) is 0.735. The van der Waals surface area contributed by atoms with Crippen molar-refractivity contribution in [2.24, 2.45) is 0 Å². The maximum Gasteiger partial charge on any atom is 0.274 e. The molecule has 0 aliphatic carbocycles. The number of amides is 1. The maximum atomic E-state index is 12.7. The average Bonchev–Trinajstić information content (AvgIpc) is 3.15. The Morgan fingerprint density at radius 3 is 2.82 bits per heavy atom. The molecular weight excluding hydrogens is 374 g/mol. The molecule has 0 unspecified atom stereocenters. The van der Waals surface area contributed by atoms with Crippen molar-refractivity contribution in [2.45, 2.75) is 18.9 Å². The number of likely N-dealkylation sites (tertiary alicyclic amines) is 1. The molecule has 1 fully saturated rings. The lowest BCUT2D eigenvalue weighted by atomic mass is 10.1. The van der Waals surface area contributed by atoms with Gasteiger partial charge in [-0.05, 0) is 30.3 Å². The number of carbonyl (C=O) groups excluding carboxylic acids is 1. The van der Waals surface area contributed by atoms with E-state index in [9.17, 15) is 4.79 Å². The van der Waals surface area contributed by atoms with Crippen LogP contribution in [0, 0.1) is 11.3 Å². The highest BCUT2D eigenvalue weighted by Gasteiger charge is 2.25. The zero-order valence-electron chi connectivity index (χ0n) is 15.4. The molecule has 0 radical (unpaired) electrons. The summed E-state index contributed by atoms with van der Waals surface area (Å²) in [5, 5.41) is 9.66. The molecule has 7 heteroatoms. The van der Waals surface area contributed by atoms with Crippen molar-refractivity contribution in [1.82, 2.24) is 9.88 Å². The van der Waals surface area contributed by atoms with E-state index in [0.29, 0.717) is 29.4 Å². The van der Waals surface area contributed by atoms with Gasteiger partial charge in [-0.25, -0.2) is 4.98 Å². The lowest BCUT2D eigenvalue weighted by molar-refractivity contribution is 0.0595. The van der Waals surface area contributed by atoms with Crippen LogP contribution in [0.1, 0.15) is 28.8 Å². The molecule has 3 aromatic rings. The Morgan fingerprint density at radius 1 is 1.25 bits per heavy atom. The standard InChI is InChI=1S/C21H19N3O3S/c1-26-17-5-6-19-18(12-17)23-21(28-19)27-16-7-9-24(10-8-16)20(25)15-4-2-3-14(11-15)13-22/h2-6,11-12,16H,7-10H2,1H3. The summed E-state index contributed by atoms with van der Waals surface area (Å²) in [6, 6.07) is 14.7. The van der Waals surface area contributed by atoms with Gasteiger partial charge in [0.1, 0.15) is 11.9 Å². The Kier molecular flexibility index (Phi) is 5.13. The van der Waals surface area contributed by atoms with Gasteiger partial charge in [0.15, 0.2) is 0 Å². The number of carbonyl (C=O) groups is 1. The van der Waals surface area contributed by atoms with E-state index < -0.39 is 0 Å². The summed E-state index contributed by atoms with van der Waals surface area (Å²) in [4.78, 5) is 19.0. The molecule has 0 saturated carbocycles. The molecule has 1 aliphatic heterocycles. The fourth-order valence-corrected chi connectivity index (χ4v) is 4.15. The largest absolute Gasteiger partial charge is 0.497 e. The van der Waals surface area contributed by atoms with Gasteiger partial charge in [0, 0.05) is 37.6 Å². The predicted molar refractivity (Wildman–Crippen MR) is 107 cm³/mol. The summed E-state index contributed by atoms with van der Waals surface area (Å²) in [6.45, 7) is 1.25. The van der Waals surface area contributed by atoms with Gasteiger partial charge in [-0.2, -0.15) is 5.26 Å². The summed E-state index contributed by atoms with van der Waals surface area (Å²) < 4.78 is 12.4. The minimum Gasteiger partial charge on any atom is -0.497 e. The number of hydrogen-bond donors (Lipinski definition) is 0. The minimum atomic E-state index is -0.0392. The van der Waals surface area contributed by atoms with Gasteiger partial charge in [-0.15, -0.1) is 0 Å². The van der Waals surface area contributed by atoms with Crippen LogP contribution in [-0.4, -0.2) is 42.1 Å². The number of thiazole rings is 1. The molecule has 1 aliphatic rings. The van der Waals surface area contributed by atoms with E-state index in [1.165, 1.54) is 11.3 Å². The van der Waals surface area contributed by atoms with Gasteiger partial charge in [-0.3, -0.25) is 4.79 Å². The van der Waals surface area contributed by atoms with Gasteiger partial charge in [-0.1, -0.05) is 17.4 Å². The molecule has 2 aromatic carbocycles. The van der Waals surface area contributed by atoms with E-state index in [2.05, 4.69) is 11.1 Å². The van der Waals surface area contributed by atoms with Crippen molar-refractivity contribution < 1.29 is 14.3 Å². The predicted octanol–water partition coefficient (Wildman–Crippen LogP) is 3.86. The molecule has 0 spiro atoms. The van der Waals surface area contributed by atoms with Gasteiger partial charge >= 0.3 is 0 Å². The second kappa shape index (κ2) is 7.87. The molecule has 1 saturated heterocycles. The van der Waals surface area contributed by atoms with Crippen LogP contribution in [0.2, 0.25) is 0 Å². The number of fused-ring (bicyclic) bond motifs is 1. The van der Waals surface area contributed by atoms with Crippen LogP contribution >= 0.6 is 11.3 Å². The number of piperidine rings is 1. The van der Waals surface area contributed by atoms with Crippen LogP contribution in [0.25, 0.3) is 10.2 Å². The van der Waals surface area contributed by atoms with E-state index in [0.717, 1.165) is 28.8 Å². The molecule has 28 heavy (non-hydrogen) atoms. The first-order valence-electron chi connectivity index (χ1n) is 9.07. The average molecular weight is 393 g/mol. The van der Waals surface area contributed by atoms with Crippen LogP contribution in [0.3, 0.4) is 0 Å². The summed E-state index contributed by atoms with van der Waals surface area (Å²) in [7, 11) is 1.64. The van der Waals surface area contributed by atoms with Crippen molar-refractivity contribution in [2.75, 3.05) is 20.2 Å². The molecular formula is C21H19N3O3S. The summed E-state index contributed by atoms with van der Waals surface area (Å²) in [5.41, 5.74) is 1.92. The van der Waals surface area contributed by atoms with Crippen LogP contribution in [-0.2, 0) is 0 Å². The third kappa shape index (κ3) is 3.78. The Labute approximate surface area is 166 Å². The zero-order valence-corrected chi connectivity index (χ0v) is 16.2. The van der Waals surface area contributed by atoms with E-state index >= 15 is 0 Å². The quantitative estimate of drug-likeness (QED) is 0.673. The van der Waals surface area contributed by atoms with Crippen LogP contribution in [0.5, 0.6) is 10.9 Å². The molecule has 142 valence electrons. The van der Waals surface area contributed by atoms with Crippen molar-refractivity contribution >= 4 is 27.5 Å². The van der Waals surface area contributed by atoms with Gasteiger partial charge in [0.2, 0.25) is 0 Å². The third-order valence-corrected chi connectivity index (χ3v) is 5.74. The van der Waals surface area contributed by atoms with Gasteiger partial charge in [0.25, 0.3) is 11.1 Å². The number of benzene rings is 2. The number of methoxy groups -OCH3 is 1. The Hall–Kier alpha value is -3.11. The van der Waals surface area contributed by atoms with Crippen molar-refractivity contribution in [1.29, 1.82) is 5.26 Å². The van der Waals surface area contributed by atoms with Crippen LogP contribution < -0.4 is 9.47 Å². The Balaban J connectivity index is 1.37. The number of ether oxygens (including phenoxy) is 2. The number of aromatic nitrogens is 1. The molecule has 2 heterocycles. The van der Waals surface area contributed by atoms with Crippen LogP contribution in [0.15, 0.2) is 42.5 Å². The smallest absolute Gasteiger partial charge is 0.274 e. The molecule has 6 nitrogen and oxygen atoms in total. The molecule has 0 atom stereocenters. The number of nitriles is 1. The monoisotopic (exact) mass is 393 g/mol. The summed E-state index contributed by atoms with van der Waals surface area (Å²) >= 11 is 1.52. The fraction of sp³-hybridized carbons (Fsp3) is 0.286. The number of rotatable bonds is 4. The minimum absolute atomic E-state index is 0.0388. The zero-order chi connectivity index (χ0) is 19.5. The first-order chi connectivity index (χ1) is 13.7. The number of nitrogens with zero attached hydrogens (tertiary/aromatic N) is 3. The Bertz CT molecular complexity index is 1050. The third-order valence-electron chi connectivity index (χ3n) is 4.81. The van der Waals surface area contributed by atoms with Crippen molar-refractivity contribution in [3.05, 3.63) is 53.6 Å². The van der Waals surface area contributed by atoms with E-state index in [4.69, 9.17) is 14.7 Å². The highest BCUT2D eigenvalue weighted by atomic mass is 32.1. The summed E-state index contributed by atoms with van der Waals surface area (Å²) in [6.07, 6.45) is 1.54. The Morgan fingerprint density at radius 2 is 2.07 bits per heavy atom. The highest BCUT2D eigenvalue weighted by molar-refractivity contribution is 7.20. The second-order valence-corrected chi connectivity index (χ2v) is 7.61. The van der Waals surface area contributed by atoms with E-state index in [1.54, 1.807) is 31.4 Å². The molecule has 4 rings (SSSR count). The van der Waals surface area contributed by atoms with Gasteiger partial charge < -0.3 is 14.4 Å². The van der Waals surface area contributed by atoms with E-state index in [-0.39, 0.29) is 12.0 Å². The lowest BCUT2D eigenvalue weighted by Gasteiger charge is -2.31. The van der Waals surface area contributed by atoms with E-state index in [1.807, 2.05) is 23.1 Å². The second-order valence-electron chi connectivity index (χ2n) is 6.62. The topological polar surface area (TPSA) is 75.5 Å². The van der Waals surface area contributed by atoms with Crippen LogP contribution in [0.4, 0.5) is 0 Å². The van der Waals surface area contributed by atoms with Crippen molar-refractivity contribution in [3.8, 4) is 17.0 Å².